The van der Waals surface area contributed by atoms with Crippen LogP contribution < -0.4 is 0 Å². The highest BCUT2D eigenvalue weighted by atomic mass is 19.2. The van der Waals surface area contributed by atoms with Crippen LogP contribution in [0.5, 0.6) is 0 Å². The number of benzene rings is 1. The van der Waals surface area contributed by atoms with Crippen LogP contribution in [0.15, 0.2) is 18.2 Å². The normalized spacial score (nSPS) is 11.5. The second-order valence-corrected chi connectivity index (χ2v) is 2.35. The van der Waals surface area contributed by atoms with E-state index in [-0.39, 0.29) is 0 Å². The topological polar surface area (TPSA) is 20.2 Å². The van der Waals surface area contributed by atoms with Crippen molar-refractivity contribution in [3.8, 4) is 0 Å². The largest absolute Gasteiger partial charge is 0.389 e. The Morgan fingerprint density at radius 3 is 2.08 bits per heavy atom. The highest BCUT2D eigenvalue weighted by Gasteiger charge is 2.05. The van der Waals surface area contributed by atoms with Crippen LogP contribution in [0, 0.1) is 11.6 Å². The molecule has 1 aromatic carbocycles. The van der Waals surface area contributed by atoms with Crippen LogP contribution >= 0.6 is 0 Å². The quantitative estimate of drug-likeness (QED) is 0.718. The molecular weight excluding hydrogens is 174 g/mol. The molecule has 13 heavy (non-hydrogen) atoms. The Morgan fingerprint density at radius 2 is 1.69 bits per heavy atom. The van der Waals surface area contributed by atoms with E-state index >= 15 is 0 Å². The molecule has 0 aromatic heterocycles. The molecule has 1 nitrogen and oxygen atoms in total. The SMILES string of the molecule is CC.C[C@@H](O)c1ccc(F)c(F)c1. The molecule has 74 valence electrons. The minimum atomic E-state index is -0.927. The molecule has 0 amide bonds. The van der Waals surface area contributed by atoms with E-state index < -0.39 is 17.7 Å². The first-order valence-corrected chi connectivity index (χ1v) is 4.24. The van der Waals surface area contributed by atoms with Crippen molar-refractivity contribution in [2.45, 2.75) is 26.9 Å². The van der Waals surface area contributed by atoms with Gasteiger partial charge in [0.15, 0.2) is 11.6 Å². The van der Waals surface area contributed by atoms with Gasteiger partial charge in [0.05, 0.1) is 6.10 Å². The summed E-state index contributed by atoms with van der Waals surface area (Å²) in [7, 11) is 0. The second-order valence-electron chi connectivity index (χ2n) is 2.35. The fourth-order valence-electron chi connectivity index (χ4n) is 0.772. The molecule has 0 bridgehead atoms. The van der Waals surface area contributed by atoms with Gasteiger partial charge in [-0.3, -0.25) is 0 Å². The molecule has 0 unspecified atom stereocenters. The summed E-state index contributed by atoms with van der Waals surface area (Å²) in [6, 6.07) is 3.33. The van der Waals surface area contributed by atoms with Crippen LogP contribution in [-0.2, 0) is 0 Å². The van der Waals surface area contributed by atoms with Crippen LogP contribution in [-0.4, -0.2) is 5.11 Å². The van der Waals surface area contributed by atoms with Gasteiger partial charge in [-0.2, -0.15) is 0 Å². The van der Waals surface area contributed by atoms with E-state index in [2.05, 4.69) is 0 Å². The lowest BCUT2D eigenvalue weighted by molar-refractivity contribution is 0.198. The number of aliphatic hydroxyl groups is 1. The molecule has 1 rings (SSSR count). The average Bonchev–Trinajstić information content (AvgIpc) is 2.13. The van der Waals surface area contributed by atoms with Crippen molar-refractivity contribution in [1.82, 2.24) is 0 Å². The molecule has 0 aliphatic rings. The number of aliphatic hydroxyl groups excluding tert-OH is 1. The minimum Gasteiger partial charge on any atom is -0.389 e. The summed E-state index contributed by atoms with van der Waals surface area (Å²) in [5.41, 5.74) is 0.379. The summed E-state index contributed by atoms with van der Waals surface area (Å²) in [5, 5.41) is 8.95. The van der Waals surface area contributed by atoms with Crippen molar-refractivity contribution < 1.29 is 13.9 Å². The molecule has 0 radical (unpaired) electrons. The summed E-state index contributed by atoms with van der Waals surface area (Å²) in [6.07, 6.45) is -0.759. The highest BCUT2D eigenvalue weighted by molar-refractivity contribution is 5.19. The summed E-state index contributed by atoms with van der Waals surface area (Å²) in [4.78, 5) is 0. The van der Waals surface area contributed by atoms with Crippen molar-refractivity contribution in [2.24, 2.45) is 0 Å². The van der Waals surface area contributed by atoms with Gasteiger partial charge < -0.3 is 5.11 Å². The molecule has 3 heteroatoms. The molecule has 1 aromatic rings. The van der Waals surface area contributed by atoms with E-state index in [1.807, 2.05) is 13.8 Å². The molecule has 0 heterocycles. The van der Waals surface area contributed by atoms with Crippen LogP contribution in [0.4, 0.5) is 8.78 Å². The van der Waals surface area contributed by atoms with E-state index in [0.29, 0.717) is 5.56 Å². The first-order chi connectivity index (χ1) is 6.11. The zero-order chi connectivity index (χ0) is 10.4. The van der Waals surface area contributed by atoms with Gasteiger partial charge in [0.2, 0.25) is 0 Å². The fraction of sp³-hybridized carbons (Fsp3) is 0.400. The first-order valence-electron chi connectivity index (χ1n) is 4.24. The molecule has 0 fully saturated rings. The third-order valence-corrected chi connectivity index (χ3v) is 1.43. The summed E-state index contributed by atoms with van der Waals surface area (Å²) < 4.78 is 24.8. The van der Waals surface area contributed by atoms with E-state index in [1.54, 1.807) is 0 Å². The Bertz CT molecular complexity index is 259. The number of halogens is 2. The standard InChI is InChI=1S/C8H8F2O.C2H6/c1-5(11)6-2-3-7(9)8(10)4-6;1-2/h2-5,11H,1H3;1-2H3/t5-;/m1./s1. The summed E-state index contributed by atoms with van der Waals surface area (Å²) >= 11 is 0. The molecule has 1 atom stereocenters. The summed E-state index contributed by atoms with van der Waals surface area (Å²) in [6.45, 7) is 5.49. The molecule has 0 spiro atoms. The predicted molar refractivity (Wildman–Crippen MR) is 48.3 cm³/mol. The van der Waals surface area contributed by atoms with Crippen LogP contribution in [0.2, 0.25) is 0 Å². The maximum atomic E-state index is 12.5. The Hall–Kier alpha value is -0.960. The zero-order valence-electron chi connectivity index (χ0n) is 8.01. The first kappa shape index (κ1) is 12.0. The van der Waals surface area contributed by atoms with Crippen LogP contribution in [0.3, 0.4) is 0 Å². The van der Waals surface area contributed by atoms with Crippen LogP contribution in [0.25, 0.3) is 0 Å². The van der Waals surface area contributed by atoms with Crippen molar-refractivity contribution in [3.05, 3.63) is 35.4 Å². The Balaban J connectivity index is 0.000000671. The van der Waals surface area contributed by atoms with Crippen molar-refractivity contribution in [1.29, 1.82) is 0 Å². The molecule has 1 N–H and O–H groups in total. The van der Waals surface area contributed by atoms with Crippen molar-refractivity contribution in [3.63, 3.8) is 0 Å². The lowest BCUT2D eigenvalue weighted by Crippen LogP contribution is -1.93. The number of rotatable bonds is 1. The third-order valence-electron chi connectivity index (χ3n) is 1.43. The van der Waals surface area contributed by atoms with E-state index in [1.165, 1.54) is 13.0 Å². The van der Waals surface area contributed by atoms with Crippen molar-refractivity contribution in [2.75, 3.05) is 0 Å². The van der Waals surface area contributed by atoms with Crippen LogP contribution in [0.1, 0.15) is 32.4 Å². The van der Waals surface area contributed by atoms with Gasteiger partial charge in [-0.05, 0) is 24.6 Å². The maximum Gasteiger partial charge on any atom is 0.159 e. The van der Waals surface area contributed by atoms with Gasteiger partial charge in [0.1, 0.15) is 0 Å². The highest BCUT2D eigenvalue weighted by Crippen LogP contribution is 2.14. The van der Waals surface area contributed by atoms with Gasteiger partial charge in [-0.1, -0.05) is 19.9 Å². The van der Waals surface area contributed by atoms with E-state index in [4.69, 9.17) is 5.11 Å². The third kappa shape index (κ3) is 3.51. The zero-order valence-corrected chi connectivity index (χ0v) is 8.01. The van der Waals surface area contributed by atoms with Gasteiger partial charge >= 0.3 is 0 Å². The van der Waals surface area contributed by atoms with Crippen molar-refractivity contribution >= 4 is 0 Å². The Kier molecular flexibility index (Phi) is 5.23. The monoisotopic (exact) mass is 188 g/mol. The molecule has 0 aliphatic heterocycles. The minimum absolute atomic E-state index is 0.379. The molecular formula is C10H14F2O. The van der Waals surface area contributed by atoms with Gasteiger partial charge in [-0.25, -0.2) is 8.78 Å². The predicted octanol–water partition coefficient (Wildman–Crippen LogP) is 3.04. The lowest BCUT2D eigenvalue weighted by atomic mass is 10.1. The molecule has 0 saturated heterocycles. The molecule has 0 saturated carbocycles. The van der Waals surface area contributed by atoms with Gasteiger partial charge in [0.25, 0.3) is 0 Å². The van der Waals surface area contributed by atoms with E-state index in [0.717, 1.165) is 12.1 Å². The Morgan fingerprint density at radius 1 is 1.15 bits per heavy atom. The second kappa shape index (κ2) is 5.65. The number of hydrogen-bond donors (Lipinski definition) is 1. The molecule has 0 aliphatic carbocycles. The Labute approximate surface area is 77.0 Å². The lowest BCUT2D eigenvalue weighted by Gasteiger charge is -2.03. The van der Waals surface area contributed by atoms with E-state index in [9.17, 15) is 8.78 Å². The van der Waals surface area contributed by atoms with Gasteiger partial charge in [-0.15, -0.1) is 0 Å². The average molecular weight is 188 g/mol. The maximum absolute atomic E-state index is 12.5. The smallest absolute Gasteiger partial charge is 0.159 e. The number of hydrogen-bond acceptors (Lipinski definition) is 1. The fourth-order valence-corrected chi connectivity index (χ4v) is 0.772. The van der Waals surface area contributed by atoms with Gasteiger partial charge in [0, 0.05) is 0 Å². The summed E-state index contributed by atoms with van der Waals surface area (Å²) in [5.74, 6) is -1.82.